The van der Waals surface area contributed by atoms with E-state index in [4.69, 9.17) is 18.5 Å². The van der Waals surface area contributed by atoms with Crippen molar-refractivity contribution in [2.24, 2.45) is 0 Å². The van der Waals surface area contributed by atoms with Crippen LogP contribution in [0.4, 0.5) is 0 Å². The molecule has 0 aromatic rings. The van der Waals surface area contributed by atoms with E-state index >= 15 is 0 Å². The molecule has 0 heterocycles. The molecule has 0 amide bonds. The van der Waals surface area contributed by atoms with Crippen LogP contribution in [0.5, 0.6) is 0 Å². The van der Waals surface area contributed by atoms with Crippen molar-refractivity contribution in [2.45, 2.75) is 335 Å². The number of nitrogens with zero attached hydrogens (tertiary/aromatic N) is 1. The summed E-state index contributed by atoms with van der Waals surface area (Å²) in [5.74, 6) is -0.792. The number of phosphoric acid groups is 1. The summed E-state index contributed by atoms with van der Waals surface area (Å²) in [5, 5.41) is 0. The minimum Gasteiger partial charge on any atom is -0.462 e. The Morgan fingerprint density at radius 2 is 0.704 bits per heavy atom. The number of carbonyl (C=O) groups is 2. The quantitative estimate of drug-likeness (QED) is 0.0211. The molecule has 0 aromatic heterocycles. The number of likely N-dealkylation sites (N-methyl/N-ethyl adjacent to an activating group) is 1. The fourth-order valence-corrected chi connectivity index (χ4v) is 10.7. The first kappa shape index (κ1) is 78.7. The van der Waals surface area contributed by atoms with E-state index in [0.717, 1.165) is 77.0 Å². The van der Waals surface area contributed by atoms with Crippen LogP contribution < -0.4 is 0 Å². The highest BCUT2D eigenvalue weighted by Crippen LogP contribution is 2.43. The van der Waals surface area contributed by atoms with Crippen molar-refractivity contribution in [1.29, 1.82) is 0 Å². The van der Waals surface area contributed by atoms with Crippen molar-refractivity contribution in [2.75, 3.05) is 47.5 Å². The topological polar surface area (TPSA) is 108 Å². The third-order valence-corrected chi connectivity index (χ3v) is 16.3. The Bertz CT molecular complexity index is 1550. The van der Waals surface area contributed by atoms with Crippen LogP contribution in [0.1, 0.15) is 328 Å². The van der Waals surface area contributed by atoms with Gasteiger partial charge >= 0.3 is 19.8 Å². The van der Waals surface area contributed by atoms with Gasteiger partial charge in [-0.2, -0.15) is 0 Å². The smallest absolute Gasteiger partial charge is 0.462 e. The van der Waals surface area contributed by atoms with E-state index in [1.54, 1.807) is 0 Å². The average Bonchev–Trinajstić information content (AvgIpc) is 3.43. The van der Waals surface area contributed by atoms with Gasteiger partial charge in [-0.3, -0.25) is 18.6 Å². The lowest BCUT2D eigenvalue weighted by atomic mass is 10.0. The predicted octanol–water partition coefficient (Wildman–Crippen LogP) is 22.2. The molecule has 2 atom stereocenters. The fraction of sp³-hybridized carbons (Fsp3) is 0.831. The Hall–Kier alpha value is -2.29. The monoisotopic (exact) mass is 1160 g/mol. The van der Waals surface area contributed by atoms with Crippen LogP contribution in [-0.4, -0.2) is 74.9 Å². The lowest BCUT2D eigenvalue weighted by Crippen LogP contribution is -2.37. The number of phosphoric ester groups is 1. The summed E-state index contributed by atoms with van der Waals surface area (Å²) in [4.78, 5) is 35.7. The molecule has 0 spiro atoms. The van der Waals surface area contributed by atoms with Gasteiger partial charge in [-0.05, 0) is 77.0 Å². The molecule has 0 aliphatic heterocycles. The maximum Gasteiger partial charge on any atom is 0.472 e. The first-order valence-corrected chi connectivity index (χ1v) is 36.0. The average molecular weight is 1160 g/mol. The minimum atomic E-state index is -4.39. The number of unbranched alkanes of at least 4 members (excludes halogenated alkanes) is 40. The van der Waals surface area contributed by atoms with E-state index in [9.17, 15) is 19.0 Å². The van der Waals surface area contributed by atoms with E-state index in [1.165, 1.54) is 218 Å². The summed E-state index contributed by atoms with van der Waals surface area (Å²) in [7, 11) is 1.49. The molecular weight excluding hydrogens is 1030 g/mol. The van der Waals surface area contributed by atoms with Gasteiger partial charge in [-0.25, -0.2) is 4.57 Å². The third-order valence-electron chi connectivity index (χ3n) is 15.3. The van der Waals surface area contributed by atoms with Gasteiger partial charge in [0.05, 0.1) is 27.7 Å². The van der Waals surface area contributed by atoms with Crippen molar-refractivity contribution in [3.8, 4) is 0 Å². The summed E-state index contributed by atoms with van der Waals surface area (Å²) >= 11 is 0. The highest BCUT2D eigenvalue weighted by molar-refractivity contribution is 7.47. The number of rotatable bonds is 64. The number of hydrogen-bond acceptors (Lipinski definition) is 7. The number of carbonyl (C=O) groups excluding carboxylic acids is 2. The van der Waals surface area contributed by atoms with Gasteiger partial charge in [0, 0.05) is 12.8 Å². The number of allylic oxidation sites excluding steroid dienone is 10. The van der Waals surface area contributed by atoms with Gasteiger partial charge in [-0.1, -0.05) is 299 Å². The van der Waals surface area contributed by atoms with Gasteiger partial charge in [0.2, 0.25) is 0 Å². The molecule has 9 nitrogen and oxygen atoms in total. The Morgan fingerprint density at radius 1 is 0.395 bits per heavy atom. The maximum atomic E-state index is 12.8. The molecule has 0 aliphatic carbocycles. The second kappa shape index (κ2) is 62.2. The lowest BCUT2D eigenvalue weighted by molar-refractivity contribution is -0.870. The molecule has 0 bridgehead atoms. The number of quaternary nitrogens is 1. The van der Waals surface area contributed by atoms with Crippen LogP contribution in [0.15, 0.2) is 60.8 Å². The van der Waals surface area contributed by atoms with Gasteiger partial charge in [0.15, 0.2) is 6.10 Å². The Balaban J connectivity index is 3.87. The van der Waals surface area contributed by atoms with Gasteiger partial charge in [0.1, 0.15) is 19.8 Å². The molecule has 2 unspecified atom stereocenters. The van der Waals surface area contributed by atoms with E-state index in [0.29, 0.717) is 17.4 Å². The summed E-state index contributed by atoms with van der Waals surface area (Å²) in [6, 6.07) is 0. The van der Waals surface area contributed by atoms with Crippen molar-refractivity contribution in [1.82, 2.24) is 0 Å². The molecule has 0 fully saturated rings. The summed E-state index contributed by atoms with van der Waals surface area (Å²) in [6.45, 7) is 4.35. The molecule has 0 saturated heterocycles. The molecule has 81 heavy (non-hydrogen) atoms. The zero-order valence-electron chi connectivity index (χ0n) is 54.0. The molecule has 0 aliphatic rings. The molecule has 0 radical (unpaired) electrons. The summed E-state index contributed by atoms with van der Waals surface area (Å²) < 4.78 is 34.6. The van der Waals surface area contributed by atoms with Crippen molar-refractivity contribution in [3.05, 3.63) is 60.8 Å². The van der Waals surface area contributed by atoms with Crippen LogP contribution in [0, 0.1) is 0 Å². The molecule has 0 aromatic carbocycles. The fourth-order valence-electron chi connectivity index (χ4n) is 10.0. The van der Waals surface area contributed by atoms with Crippen LogP contribution in [0.2, 0.25) is 0 Å². The largest absolute Gasteiger partial charge is 0.472 e. The SMILES string of the molecule is CC/C=C\C/C=C\C/C=C\C/C=C\CCCCCCCCCCCCCCCCCCCCCCCCCCCCCCC(=O)OC(COC(=O)CCCCCCC/C=C\CCCCCCCCC)COP(=O)(O)OCC[N+](C)(C)C. The standard InChI is InChI=1S/C71H132NO8P/c1-6-8-10-12-14-16-18-20-22-24-25-26-27-28-29-30-31-32-33-34-35-36-37-38-39-40-41-42-43-44-45-46-47-48-50-52-54-56-58-60-62-64-71(74)80-69(68-79-81(75,76)78-66-65-72(3,4)5)67-77-70(73)63-61-59-57-55-53-51-49-23-21-19-17-15-13-11-9-7-2/h8,10,14,16,20,22-23,25-26,49,69H,6-7,9,11-13,15,17-19,21,24,27-48,50-68H2,1-5H3/p+1/b10-8-,16-14-,22-20-,26-25-,49-23-. The van der Waals surface area contributed by atoms with E-state index in [-0.39, 0.29) is 32.0 Å². The Kier molecular flexibility index (Phi) is 60.5. The number of esters is 2. The summed E-state index contributed by atoms with van der Waals surface area (Å²) in [6.07, 6.45) is 82.0. The molecule has 474 valence electrons. The molecule has 0 saturated carbocycles. The minimum absolute atomic E-state index is 0.0322. The predicted molar refractivity (Wildman–Crippen MR) is 349 cm³/mol. The first-order chi connectivity index (χ1) is 39.5. The van der Waals surface area contributed by atoms with Crippen LogP contribution in [-0.2, 0) is 32.7 Å². The highest BCUT2D eigenvalue weighted by Gasteiger charge is 2.27. The molecule has 10 heteroatoms. The van der Waals surface area contributed by atoms with Crippen molar-refractivity contribution in [3.63, 3.8) is 0 Å². The molecule has 0 rings (SSSR count). The Morgan fingerprint density at radius 3 is 1.06 bits per heavy atom. The van der Waals surface area contributed by atoms with Gasteiger partial charge in [0.25, 0.3) is 0 Å². The first-order valence-electron chi connectivity index (χ1n) is 34.5. The third kappa shape index (κ3) is 66.7. The van der Waals surface area contributed by atoms with E-state index < -0.39 is 26.5 Å². The zero-order valence-corrected chi connectivity index (χ0v) is 54.9. The highest BCUT2D eigenvalue weighted by atomic mass is 31.2. The maximum absolute atomic E-state index is 12.8. The summed E-state index contributed by atoms with van der Waals surface area (Å²) in [5.41, 5.74) is 0. The van der Waals surface area contributed by atoms with Crippen LogP contribution >= 0.6 is 7.82 Å². The normalized spacial score (nSPS) is 13.5. The second-order valence-corrected chi connectivity index (χ2v) is 26.0. The van der Waals surface area contributed by atoms with E-state index in [2.05, 4.69) is 74.6 Å². The van der Waals surface area contributed by atoms with Crippen molar-refractivity contribution < 1.29 is 42.1 Å². The molecular formula is C71H133NO8P+. The number of hydrogen-bond donors (Lipinski definition) is 1. The lowest BCUT2D eigenvalue weighted by Gasteiger charge is -2.24. The van der Waals surface area contributed by atoms with Gasteiger partial charge in [-0.15, -0.1) is 0 Å². The Labute approximate surface area is 502 Å². The van der Waals surface area contributed by atoms with Crippen molar-refractivity contribution >= 4 is 19.8 Å². The number of ether oxygens (including phenoxy) is 2. The second-order valence-electron chi connectivity index (χ2n) is 24.5. The van der Waals surface area contributed by atoms with Crippen LogP contribution in [0.3, 0.4) is 0 Å². The molecule has 1 N–H and O–H groups in total. The zero-order chi connectivity index (χ0) is 59.1. The van der Waals surface area contributed by atoms with Crippen LogP contribution in [0.25, 0.3) is 0 Å². The van der Waals surface area contributed by atoms with Gasteiger partial charge < -0.3 is 18.9 Å². The van der Waals surface area contributed by atoms with E-state index in [1.807, 2.05) is 21.1 Å².